The Balaban J connectivity index is 2.82. The van der Waals surface area contributed by atoms with Gasteiger partial charge in [0.15, 0.2) is 0 Å². The fourth-order valence-electron chi connectivity index (χ4n) is 2.69. The summed E-state index contributed by atoms with van der Waals surface area (Å²) in [7, 11) is 3.85. The van der Waals surface area contributed by atoms with Crippen molar-refractivity contribution in [1.29, 1.82) is 0 Å². The first-order chi connectivity index (χ1) is 9.27. The first kappa shape index (κ1) is 16.7. The van der Waals surface area contributed by atoms with Crippen molar-refractivity contribution in [2.24, 2.45) is 0 Å². The number of urea groups is 1. The van der Waals surface area contributed by atoms with Crippen LogP contribution in [0.5, 0.6) is 0 Å². The van der Waals surface area contributed by atoms with E-state index in [2.05, 4.69) is 0 Å². The molecular weight excluding hydrogens is 262 g/mol. The van der Waals surface area contributed by atoms with Crippen LogP contribution in [-0.2, 0) is 4.79 Å². The van der Waals surface area contributed by atoms with E-state index in [1.54, 1.807) is 4.90 Å². The molecule has 0 aromatic carbocycles. The molecule has 0 saturated carbocycles. The number of carbonyl (C=O) groups excluding carboxylic acids is 1. The van der Waals surface area contributed by atoms with Crippen LogP contribution in [0, 0.1) is 0 Å². The lowest BCUT2D eigenvalue weighted by atomic mass is 10.2. The number of aliphatic hydroxyl groups is 1. The Morgan fingerprint density at radius 1 is 1.40 bits per heavy atom. The summed E-state index contributed by atoms with van der Waals surface area (Å²) in [6, 6.07) is -1.27. The smallest absolute Gasteiger partial charge is 0.326 e. The van der Waals surface area contributed by atoms with Crippen LogP contribution < -0.4 is 0 Å². The standard InChI is InChI=1S/C13H25N3O4/c1-5-15(9(2)7-14(3)4)13(20)16-8-10(17)6-11(16)12(18)19/h9-11,17H,5-8H2,1-4H3,(H,18,19)/t9?,10?,11-/m0/s1. The van der Waals surface area contributed by atoms with E-state index in [1.807, 2.05) is 32.8 Å². The van der Waals surface area contributed by atoms with Crippen LogP contribution in [0.4, 0.5) is 4.79 Å². The second-order valence-corrected chi connectivity index (χ2v) is 5.58. The molecule has 0 spiro atoms. The van der Waals surface area contributed by atoms with E-state index in [4.69, 9.17) is 5.11 Å². The number of β-amino-alcohol motifs (C(OH)–C–C–N with tert-alkyl or cyclic N) is 1. The fraction of sp³-hybridized carbons (Fsp3) is 0.846. The molecule has 0 bridgehead atoms. The number of likely N-dealkylation sites (tertiary alicyclic amines) is 1. The van der Waals surface area contributed by atoms with Crippen molar-refractivity contribution in [2.75, 3.05) is 33.7 Å². The molecule has 1 aliphatic rings. The Labute approximate surface area is 119 Å². The summed E-state index contributed by atoms with van der Waals surface area (Å²) in [5.74, 6) is -1.06. The van der Waals surface area contributed by atoms with Gasteiger partial charge >= 0.3 is 12.0 Å². The highest BCUT2D eigenvalue weighted by Gasteiger charge is 2.41. The highest BCUT2D eigenvalue weighted by atomic mass is 16.4. The van der Waals surface area contributed by atoms with Crippen molar-refractivity contribution in [1.82, 2.24) is 14.7 Å². The van der Waals surface area contributed by atoms with E-state index in [0.717, 1.165) is 0 Å². The van der Waals surface area contributed by atoms with E-state index in [-0.39, 0.29) is 25.0 Å². The van der Waals surface area contributed by atoms with E-state index in [9.17, 15) is 14.7 Å². The molecule has 7 heteroatoms. The first-order valence-corrected chi connectivity index (χ1v) is 6.90. The quantitative estimate of drug-likeness (QED) is 0.737. The highest BCUT2D eigenvalue weighted by molar-refractivity contribution is 5.83. The summed E-state index contributed by atoms with van der Waals surface area (Å²) in [6.07, 6.45) is -0.663. The van der Waals surface area contributed by atoms with Gasteiger partial charge in [0.05, 0.1) is 6.10 Å². The second-order valence-electron chi connectivity index (χ2n) is 5.58. The number of carboxylic acid groups (broad SMARTS) is 1. The zero-order valence-corrected chi connectivity index (χ0v) is 12.6. The molecule has 1 fully saturated rings. The van der Waals surface area contributed by atoms with Gasteiger partial charge in [-0.25, -0.2) is 9.59 Å². The van der Waals surface area contributed by atoms with Crippen LogP contribution in [0.1, 0.15) is 20.3 Å². The summed E-state index contributed by atoms with van der Waals surface area (Å²) >= 11 is 0. The number of rotatable bonds is 5. The van der Waals surface area contributed by atoms with Gasteiger partial charge in [0.1, 0.15) is 6.04 Å². The molecule has 0 aromatic heterocycles. The SMILES string of the molecule is CCN(C(=O)N1CC(O)C[C@H]1C(=O)O)C(C)CN(C)C. The summed E-state index contributed by atoms with van der Waals surface area (Å²) in [4.78, 5) is 28.6. The van der Waals surface area contributed by atoms with Gasteiger partial charge < -0.3 is 24.9 Å². The van der Waals surface area contributed by atoms with Crippen LogP contribution in [0.3, 0.4) is 0 Å². The van der Waals surface area contributed by atoms with Crippen LogP contribution in [0.25, 0.3) is 0 Å². The Morgan fingerprint density at radius 3 is 2.45 bits per heavy atom. The number of aliphatic carboxylic acids is 1. The molecule has 0 radical (unpaired) electrons. The summed E-state index contributed by atoms with van der Waals surface area (Å²) in [5, 5.41) is 18.8. The van der Waals surface area contributed by atoms with Gasteiger partial charge in [0, 0.05) is 32.1 Å². The normalized spacial score (nSPS) is 24.0. The van der Waals surface area contributed by atoms with Crippen molar-refractivity contribution in [3.8, 4) is 0 Å². The van der Waals surface area contributed by atoms with E-state index in [1.165, 1.54) is 4.90 Å². The molecular formula is C13H25N3O4. The van der Waals surface area contributed by atoms with Gasteiger partial charge in [-0.3, -0.25) is 0 Å². The van der Waals surface area contributed by atoms with Gasteiger partial charge in [0.25, 0.3) is 0 Å². The molecule has 1 aliphatic heterocycles. The van der Waals surface area contributed by atoms with Gasteiger partial charge in [-0.2, -0.15) is 0 Å². The third kappa shape index (κ3) is 3.83. The Bertz CT molecular complexity index is 362. The molecule has 116 valence electrons. The lowest BCUT2D eigenvalue weighted by Gasteiger charge is -2.34. The maximum atomic E-state index is 12.5. The van der Waals surface area contributed by atoms with E-state index in [0.29, 0.717) is 13.1 Å². The van der Waals surface area contributed by atoms with Crippen LogP contribution in [-0.4, -0.2) is 88.8 Å². The number of aliphatic hydroxyl groups excluding tert-OH is 1. The average molecular weight is 287 g/mol. The van der Waals surface area contributed by atoms with Gasteiger partial charge in [-0.1, -0.05) is 0 Å². The maximum Gasteiger partial charge on any atom is 0.326 e. The number of likely N-dealkylation sites (N-methyl/N-ethyl adjacent to an activating group) is 2. The third-order valence-electron chi connectivity index (χ3n) is 3.56. The van der Waals surface area contributed by atoms with E-state index >= 15 is 0 Å². The van der Waals surface area contributed by atoms with E-state index < -0.39 is 18.1 Å². The van der Waals surface area contributed by atoms with Crippen molar-refractivity contribution >= 4 is 12.0 Å². The van der Waals surface area contributed by atoms with Crippen LogP contribution >= 0.6 is 0 Å². The minimum atomic E-state index is -1.06. The number of hydrogen-bond acceptors (Lipinski definition) is 4. The van der Waals surface area contributed by atoms with Gasteiger partial charge in [-0.05, 0) is 27.9 Å². The Hall–Kier alpha value is -1.34. The lowest BCUT2D eigenvalue weighted by Crippen LogP contribution is -2.52. The topological polar surface area (TPSA) is 84.3 Å². The van der Waals surface area contributed by atoms with Crippen molar-refractivity contribution in [2.45, 2.75) is 38.5 Å². The minimum absolute atomic E-state index is 0.0188. The molecule has 0 aliphatic carbocycles. The lowest BCUT2D eigenvalue weighted by molar-refractivity contribution is -0.141. The van der Waals surface area contributed by atoms with Gasteiger partial charge in [0.2, 0.25) is 0 Å². The number of nitrogens with zero attached hydrogens (tertiary/aromatic N) is 3. The van der Waals surface area contributed by atoms with Crippen LogP contribution in [0.15, 0.2) is 0 Å². The van der Waals surface area contributed by atoms with Crippen molar-refractivity contribution in [3.63, 3.8) is 0 Å². The zero-order chi connectivity index (χ0) is 15.4. The molecule has 3 atom stereocenters. The highest BCUT2D eigenvalue weighted by Crippen LogP contribution is 2.21. The van der Waals surface area contributed by atoms with Crippen LogP contribution in [0.2, 0.25) is 0 Å². The third-order valence-corrected chi connectivity index (χ3v) is 3.56. The average Bonchev–Trinajstić information content (AvgIpc) is 2.71. The predicted molar refractivity (Wildman–Crippen MR) is 74.5 cm³/mol. The largest absolute Gasteiger partial charge is 0.480 e. The molecule has 1 saturated heterocycles. The fourth-order valence-corrected chi connectivity index (χ4v) is 2.69. The number of hydrogen-bond donors (Lipinski definition) is 2. The van der Waals surface area contributed by atoms with Crippen molar-refractivity contribution in [3.05, 3.63) is 0 Å². The molecule has 7 nitrogen and oxygen atoms in total. The minimum Gasteiger partial charge on any atom is -0.480 e. The summed E-state index contributed by atoms with van der Waals surface area (Å²) in [5.41, 5.74) is 0. The Kier molecular flexibility index (Phi) is 5.76. The Morgan fingerprint density at radius 2 is 2.00 bits per heavy atom. The summed E-state index contributed by atoms with van der Waals surface area (Å²) < 4.78 is 0. The summed E-state index contributed by atoms with van der Waals surface area (Å²) in [6.45, 7) is 5.09. The predicted octanol–water partition coefficient (Wildman–Crippen LogP) is -0.102. The maximum absolute atomic E-state index is 12.5. The molecule has 2 unspecified atom stereocenters. The second kappa shape index (κ2) is 6.90. The number of carbonyl (C=O) groups is 2. The molecule has 2 amide bonds. The number of carboxylic acids is 1. The zero-order valence-electron chi connectivity index (χ0n) is 12.6. The van der Waals surface area contributed by atoms with Crippen molar-refractivity contribution < 1.29 is 19.8 Å². The molecule has 20 heavy (non-hydrogen) atoms. The number of amides is 2. The molecule has 0 aromatic rings. The van der Waals surface area contributed by atoms with Gasteiger partial charge in [-0.15, -0.1) is 0 Å². The molecule has 2 N–H and O–H groups in total. The molecule has 1 heterocycles. The first-order valence-electron chi connectivity index (χ1n) is 6.90. The molecule has 1 rings (SSSR count). The monoisotopic (exact) mass is 287 g/mol.